The van der Waals surface area contributed by atoms with E-state index in [4.69, 9.17) is 5.11 Å². The smallest absolute Gasteiger partial charge is 0.303 e. The molecule has 1 aromatic rings. The van der Waals surface area contributed by atoms with Crippen molar-refractivity contribution in [1.29, 1.82) is 0 Å². The Labute approximate surface area is 138 Å². The highest BCUT2D eigenvalue weighted by Crippen LogP contribution is 2.29. The molecule has 2 fully saturated rings. The quantitative estimate of drug-likeness (QED) is 0.872. The Morgan fingerprint density at radius 1 is 1.26 bits per heavy atom. The number of aliphatic carboxylic acids is 1. The van der Waals surface area contributed by atoms with Gasteiger partial charge in [0, 0.05) is 38.3 Å². The lowest BCUT2D eigenvalue weighted by molar-refractivity contribution is -0.137. The Morgan fingerprint density at radius 3 is 2.78 bits per heavy atom. The van der Waals surface area contributed by atoms with E-state index in [1.54, 1.807) is 0 Å². The Balaban J connectivity index is 1.62. The lowest BCUT2D eigenvalue weighted by atomic mass is 9.87. The lowest BCUT2D eigenvalue weighted by Gasteiger charge is -2.42. The Bertz CT molecular complexity index is 502. The highest BCUT2D eigenvalue weighted by molar-refractivity contribution is 5.66. The van der Waals surface area contributed by atoms with Gasteiger partial charge < -0.3 is 10.0 Å². The first-order valence-electron chi connectivity index (χ1n) is 8.80. The van der Waals surface area contributed by atoms with Gasteiger partial charge in [-0.15, -0.1) is 0 Å². The highest BCUT2D eigenvalue weighted by atomic mass is 16.4. The molecular weight excluding hydrogens is 290 g/mol. The molecule has 3 heterocycles. The molecule has 23 heavy (non-hydrogen) atoms. The van der Waals surface area contributed by atoms with Crippen LogP contribution >= 0.6 is 0 Å². The summed E-state index contributed by atoms with van der Waals surface area (Å²) in [4.78, 5) is 20.5. The van der Waals surface area contributed by atoms with Gasteiger partial charge in [0.15, 0.2) is 0 Å². The van der Waals surface area contributed by atoms with Crippen molar-refractivity contribution in [2.75, 3.05) is 26.2 Å². The van der Waals surface area contributed by atoms with Crippen LogP contribution in [0.4, 0.5) is 0 Å². The monoisotopic (exact) mass is 317 g/mol. The van der Waals surface area contributed by atoms with E-state index >= 15 is 0 Å². The van der Waals surface area contributed by atoms with Crippen LogP contribution in [0.5, 0.6) is 0 Å². The normalized spacial score (nSPS) is 26.4. The van der Waals surface area contributed by atoms with Crippen molar-refractivity contribution in [2.45, 2.75) is 44.7 Å². The maximum Gasteiger partial charge on any atom is 0.303 e. The van der Waals surface area contributed by atoms with Crippen molar-refractivity contribution in [1.82, 2.24) is 14.8 Å². The van der Waals surface area contributed by atoms with Gasteiger partial charge in [0.1, 0.15) is 0 Å². The molecule has 1 aromatic heterocycles. The van der Waals surface area contributed by atoms with Gasteiger partial charge in [0.2, 0.25) is 0 Å². The third-order valence-corrected chi connectivity index (χ3v) is 5.23. The molecule has 0 unspecified atom stereocenters. The molecule has 0 aliphatic carbocycles. The molecule has 1 N–H and O–H groups in total. The van der Waals surface area contributed by atoms with Crippen molar-refractivity contribution in [3.8, 4) is 0 Å². The Morgan fingerprint density at radius 2 is 2.09 bits per heavy atom. The van der Waals surface area contributed by atoms with Crippen LogP contribution in [0.15, 0.2) is 24.4 Å². The second-order valence-corrected chi connectivity index (χ2v) is 6.85. The van der Waals surface area contributed by atoms with Crippen LogP contribution in [0.25, 0.3) is 0 Å². The average molecular weight is 317 g/mol. The molecule has 2 aliphatic heterocycles. The predicted molar refractivity (Wildman–Crippen MR) is 89.1 cm³/mol. The van der Waals surface area contributed by atoms with Gasteiger partial charge in [0.05, 0.1) is 5.69 Å². The van der Waals surface area contributed by atoms with E-state index in [9.17, 15) is 4.79 Å². The Kier molecular flexibility index (Phi) is 5.62. The first kappa shape index (κ1) is 16.4. The van der Waals surface area contributed by atoms with E-state index < -0.39 is 5.97 Å². The van der Waals surface area contributed by atoms with Crippen molar-refractivity contribution in [3.05, 3.63) is 30.1 Å². The zero-order chi connectivity index (χ0) is 16.1. The molecule has 126 valence electrons. The molecular formula is C18H27N3O2. The minimum Gasteiger partial charge on any atom is -0.481 e. The first-order valence-corrected chi connectivity index (χ1v) is 8.80. The number of carbonyl (C=O) groups is 1. The number of hydrogen-bond donors (Lipinski definition) is 1. The summed E-state index contributed by atoms with van der Waals surface area (Å²) in [5.41, 5.74) is 1.10. The Hall–Kier alpha value is -1.46. The van der Waals surface area contributed by atoms with Gasteiger partial charge in [0.25, 0.3) is 0 Å². The third kappa shape index (κ3) is 4.52. The van der Waals surface area contributed by atoms with Crippen molar-refractivity contribution < 1.29 is 9.90 Å². The van der Waals surface area contributed by atoms with E-state index in [1.807, 2.05) is 18.3 Å². The molecule has 5 nitrogen and oxygen atoms in total. The van der Waals surface area contributed by atoms with Gasteiger partial charge >= 0.3 is 5.97 Å². The summed E-state index contributed by atoms with van der Waals surface area (Å²) in [5, 5.41) is 9.06. The third-order valence-electron chi connectivity index (χ3n) is 5.23. The fraction of sp³-hybridized carbons (Fsp3) is 0.667. The second-order valence-electron chi connectivity index (χ2n) is 6.85. The summed E-state index contributed by atoms with van der Waals surface area (Å²) in [6.07, 6.45) is 6.65. The zero-order valence-electron chi connectivity index (χ0n) is 13.7. The van der Waals surface area contributed by atoms with Gasteiger partial charge in [-0.25, -0.2) is 0 Å². The summed E-state index contributed by atoms with van der Waals surface area (Å²) < 4.78 is 0. The molecule has 0 amide bonds. The molecule has 2 saturated heterocycles. The number of carboxylic acid groups (broad SMARTS) is 1. The van der Waals surface area contributed by atoms with Crippen LogP contribution in [0.2, 0.25) is 0 Å². The summed E-state index contributed by atoms with van der Waals surface area (Å²) in [7, 11) is 0. The lowest BCUT2D eigenvalue weighted by Crippen LogP contribution is -2.50. The number of carboxylic acids is 1. The second kappa shape index (κ2) is 7.88. The topological polar surface area (TPSA) is 56.7 Å². The van der Waals surface area contributed by atoms with E-state index in [-0.39, 0.29) is 6.42 Å². The van der Waals surface area contributed by atoms with Crippen molar-refractivity contribution in [2.24, 2.45) is 5.92 Å². The highest BCUT2D eigenvalue weighted by Gasteiger charge is 2.34. The van der Waals surface area contributed by atoms with Gasteiger partial charge in [-0.1, -0.05) is 6.07 Å². The maximum absolute atomic E-state index is 11.0. The van der Waals surface area contributed by atoms with Crippen molar-refractivity contribution >= 4 is 5.97 Å². The van der Waals surface area contributed by atoms with Crippen LogP contribution in [-0.4, -0.2) is 58.1 Å². The molecule has 2 aliphatic rings. The molecule has 0 saturated carbocycles. The van der Waals surface area contributed by atoms with E-state index in [1.165, 1.54) is 25.9 Å². The minimum absolute atomic E-state index is 0.284. The zero-order valence-corrected chi connectivity index (χ0v) is 13.7. The fourth-order valence-electron chi connectivity index (χ4n) is 4.11. The average Bonchev–Trinajstić information content (AvgIpc) is 3.08. The van der Waals surface area contributed by atoms with E-state index in [2.05, 4.69) is 20.9 Å². The SMILES string of the molecule is O=C(O)CC[C@H]1CN(Cc2ccccn2)CC[C@H]1N1CCCC1. The molecule has 3 rings (SSSR count). The minimum atomic E-state index is -0.674. The molecule has 0 radical (unpaired) electrons. The van der Waals surface area contributed by atoms with Crippen molar-refractivity contribution in [3.63, 3.8) is 0 Å². The van der Waals surface area contributed by atoms with Crippen LogP contribution in [-0.2, 0) is 11.3 Å². The number of piperidine rings is 1. The van der Waals surface area contributed by atoms with Gasteiger partial charge in [-0.2, -0.15) is 0 Å². The predicted octanol–water partition coefficient (Wildman–Crippen LogP) is 2.23. The summed E-state index contributed by atoms with van der Waals surface area (Å²) in [6.45, 7) is 5.33. The van der Waals surface area contributed by atoms with Crippen LogP contribution in [0, 0.1) is 5.92 Å². The fourth-order valence-corrected chi connectivity index (χ4v) is 4.11. The first-order chi connectivity index (χ1) is 11.2. The molecule has 2 atom stereocenters. The number of nitrogens with zero attached hydrogens (tertiary/aromatic N) is 3. The van der Waals surface area contributed by atoms with Crippen LogP contribution < -0.4 is 0 Å². The van der Waals surface area contributed by atoms with E-state index in [0.29, 0.717) is 12.0 Å². The summed E-state index contributed by atoms with van der Waals surface area (Å²) in [6, 6.07) is 6.61. The number of pyridine rings is 1. The number of aromatic nitrogens is 1. The largest absolute Gasteiger partial charge is 0.481 e. The standard InChI is InChI=1S/C18H27N3O2/c22-18(23)7-6-15-13-20(14-16-5-1-2-9-19-16)12-8-17(15)21-10-3-4-11-21/h1-2,5,9,15,17H,3-4,6-8,10-14H2,(H,22,23)/t15-,17+/m0/s1. The molecule has 0 spiro atoms. The summed E-state index contributed by atoms with van der Waals surface area (Å²) in [5.74, 6) is -0.214. The van der Waals surface area contributed by atoms with E-state index in [0.717, 1.165) is 38.2 Å². The van der Waals surface area contributed by atoms with Gasteiger partial charge in [-0.05, 0) is 56.8 Å². The molecule has 0 aromatic carbocycles. The van der Waals surface area contributed by atoms with Gasteiger partial charge in [-0.3, -0.25) is 14.7 Å². The number of hydrogen-bond acceptors (Lipinski definition) is 4. The number of likely N-dealkylation sites (tertiary alicyclic amines) is 2. The summed E-state index contributed by atoms with van der Waals surface area (Å²) >= 11 is 0. The van der Waals surface area contributed by atoms with Crippen LogP contribution in [0.3, 0.4) is 0 Å². The van der Waals surface area contributed by atoms with Crippen LogP contribution in [0.1, 0.15) is 37.8 Å². The number of rotatable bonds is 6. The molecule has 0 bridgehead atoms. The molecule has 5 heteroatoms. The maximum atomic E-state index is 11.0.